The second-order valence-corrected chi connectivity index (χ2v) is 7.34. The van der Waals surface area contributed by atoms with E-state index in [2.05, 4.69) is 20.3 Å². The van der Waals surface area contributed by atoms with Crippen LogP contribution in [0.4, 0.5) is 0 Å². The van der Waals surface area contributed by atoms with Gasteiger partial charge in [0.05, 0.1) is 39.2 Å². The highest BCUT2D eigenvalue weighted by Crippen LogP contribution is 2.32. The molecule has 1 amide bonds. The highest BCUT2D eigenvalue weighted by molar-refractivity contribution is 6.01. The third kappa shape index (κ3) is 4.33. The molecule has 2 aromatic heterocycles. The van der Waals surface area contributed by atoms with Crippen LogP contribution in [0.2, 0.25) is 0 Å². The van der Waals surface area contributed by atoms with Gasteiger partial charge in [0.1, 0.15) is 5.56 Å². The van der Waals surface area contributed by atoms with Gasteiger partial charge in [-0.1, -0.05) is 6.07 Å². The average Bonchev–Trinajstić information content (AvgIpc) is 3.15. The molecular formula is C22H27N5O4. The number of methoxy groups -OCH3 is 2. The first kappa shape index (κ1) is 21.1. The molecule has 3 heterocycles. The van der Waals surface area contributed by atoms with Gasteiger partial charge in [-0.15, -0.1) is 0 Å². The number of nitrogens with one attached hydrogen (secondary N) is 1. The van der Waals surface area contributed by atoms with E-state index in [0.29, 0.717) is 48.2 Å². The van der Waals surface area contributed by atoms with Crippen LogP contribution in [0, 0.1) is 6.92 Å². The van der Waals surface area contributed by atoms with Gasteiger partial charge >= 0.3 is 0 Å². The lowest BCUT2D eigenvalue weighted by Crippen LogP contribution is -2.43. The summed E-state index contributed by atoms with van der Waals surface area (Å²) < 4.78 is 18.0. The number of aromatic nitrogens is 3. The fourth-order valence-electron chi connectivity index (χ4n) is 3.95. The van der Waals surface area contributed by atoms with Gasteiger partial charge in [0.25, 0.3) is 5.91 Å². The molecular weight excluding hydrogens is 398 g/mol. The topological polar surface area (TPSA) is 90.2 Å². The summed E-state index contributed by atoms with van der Waals surface area (Å²) in [6, 6.07) is 7.61. The second-order valence-electron chi connectivity index (χ2n) is 7.34. The summed E-state index contributed by atoms with van der Waals surface area (Å²) in [7, 11) is 3.23. The Labute approximate surface area is 180 Å². The molecule has 1 saturated heterocycles. The normalized spacial score (nSPS) is 15.6. The molecule has 1 unspecified atom stereocenters. The number of fused-ring (bicyclic) bond motifs is 1. The van der Waals surface area contributed by atoms with Crippen molar-refractivity contribution in [1.82, 2.24) is 24.8 Å². The van der Waals surface area contributed by atoms with Crippen LogP contribution in [0.15, 0.2) is 36.7 Å². The van der Waals surface area contributed by atoms with Crippen molar-refractivity contribution >= 4 is 11.6 Å². The van der Waals surface area contributed by atoms with Gasteiger partial charge in [0, 0.05) is 32.0 Å². The van der Waals surface area contributed by atoms with Gasteiger partial charge in [-0.05, 0) is 30.7 Å². The fourth-order valence-corrected chi connectivity index (χ4v) is 3.95. The van der Waals surface area contributed by atoms with Crippen molar-refractivity contribution in [1.29, 1.82) is 0 Å². The van der Waals surface area contributed by atoms with Gasteiger partial charge in [-0.25, -0.2) is 9.50 Å². The summed E-state index contributed by atoms with van der Waals surface area (Å²) in [5, 5.41) is 7.48. The number of aryl methyl sites for hydroxylation is 1. The maximum atomic E-state index is 13.1. The summed E-state index contributed by atoms with van der Waals surface area (Å²) in [4.78, 5) is 19.7. The highest BCUT2D eigenvalue weighted by Gasteiger charge is 2.26. The van der Waals surface area contributed by atoms with Crippen molar-refractivity contribution in [3.8, 4) is 11.5 Å². The number of hydrogen-bond donors (Lipinski definition) is 1. The van der Waals surface area contributed by atoms with Crippen LogP contribution in [0.1, 0.15) is 27.7 Å². The molecule has 4 rings (SSSR count). The van der Waals surface area contributed by atoms with Gasteiger partial charge in [0.2, 0.25) is 0 Å². The molecule has 0 bridgehead atoms. The average molecular weight is 425 g/mol. The lowest BCUT2D eigenvalue weighted by molar-refractivity contribution is 0.0162. The van der Waals surface area contributed by atoms with Crippen LogP contribution in [-0.4, -0.2) is 72.5 Å². The summed E-state index contributed by atoms with van der Waals surface area (Å²) in [5.41, 5.74) is 2.72. The Balaban J connectivity index is 1.59. The molecule has 9 nitrogen and oxygen atoms in total. The Hall–Kier alpha value is -3.17. The van der Waals surface area contributed by atoms with Gasteiger partial charge in [-0.3, -0.25) is 9.69 Å². The van der Waals surface area contributed by atoms with Crippen LogP contribution >= 0.6 is 0 Å². The standard InChI is InChI=1S/C22H27N5O4/c1-15-20(21-23-7-4-8-27(21)25-15)22(28)24-14-17(26-9-11-31-12-10-26)16-5-6-18(29-2)19(13-16)30-3/h4-8,13,17H,9-12,14H2,1-3H3,(H,24,28). The van der Waals surface area contributed by atoms with E-state index in [-0.39, 0.29) is 11.9 Å². The van der Waals surface area contributed by atoms with Crippen LogP contribution in [-0.2, 0) is 4.74 Å². The SMILES string of the molecule is COc1ccc(C(CNC(=O)c2c(C)nn3cccnc23)N2CCOCC2)cc1OC. The van der Waals surface area contributed by atoms with E-state index in [1.54, 1.807) is 37.2 Å². The summed E-state index contributed by atoms with van der Waals surface area (Å²) in [6.45, 7) is 5.14. The van der Waals surface area contributed by atoms with E-state index >= 15 is 0 Å². The third-order valence-corrected chi connectivity index (χ3v) is 5.53. The Morgan fingerprint density at radius 1 is 1.23 bits per heavy atom. The number of benzene rings is 1. The van der Waals surface area contributed by atoms with Crippen molar-refractivity contribution in [2.24, 2.45) is 0 Å². The van der Waals surface area contributed by atoms with Gasteiger partial charge in [0.15, 0.2) is 17.1 Å². The summed E-state index contributed by atoms with van der Waals surface area (Å²) >= 11 is 0. The lowest BCUT2D eigenvalue weighted by atomic mass is 10.0. The minimum Gasteiger partial charge on any atom is -0.493 e. The van der Waals surface area contributed by atoms with Crippen LogP contribution in [0.3, 0.4) is 0 Å². The van der Waals surface area contributed by atoms with Crippen LogP contribution in [0.25, 0.3) is 5.65 Å². The fraction of sp³-hybridized carbons (Fsp3) is 0.409. The second kappa shape index (κ2) is 9.32. The first-order valence-electron chi connectivity index (χ1n) is 10.2. The molecule has 3 aromatic rings. The summed E-state index contributed by atoms with van der Waals surface area (Å²) in [5.74, 6) is 1.14. The Kier molecular flexibility index (Phi) is 6.34. The zero-order valence-electron chi connectivity index (χ0n) is 18.0. The largest absolute Gasteiger partial charge is 0.493 e. The maximum absolute atomic E-state index is 13.1. The van der Waals surface area contributed by atoms with Crippen molar-refractivity contribution in [3.63, 3.8) is 0 Å². The van der Waals surface area contributed by atoms with Crippen molar-refractivity contribution in [2.45, 2.75) is 13.0 Å². The molecule has 1 N–H and O–H groups in total. The zero-order chi connectivity index (χ0) is 21.8. The molecule has 1 aromatic carbocycles. The van der Waals surface area contributed by atoms with Crippen LogP contribution in [0.5, 0.6) is 11.5 Å². The summed E-state index contributed by atoms with van der Waals surface area (Å²) in [6.07, 6.45) is 3.44. The van der Waals surface area contributed by atoms with E-state index < -0.39 is 0 Å². The lowest BCUT2D eigenvalue weighted by Gasteiger charge is -2.35. The van der Waals surface area contributed by atoms with E-state index in [0.717, 1.165) is 18.7 Å². The van der Waals surface area contributed by atoms with E-state index in [4.69, 9.17) is 14.2 Å². The Morgan fingerprint density at radius 2 is 2.00 bits per heavy atom. The van der Waals surface area contributed by atoms with Crippen molar-refractivity contribution < 1.29 is 19.0 Å². The van der Waals surface area contributed by atoms with E-state index in [9.17, 15) is 4.79 Å². The number of nitrogens with zero attached hydrogens (tertiary/aromatic N) is 4. The molecule has 1 aliphatic heterocycles. The number of rotatable bonds is 7. The third-order valence-electron chi connectivity index (χ3n) is 5.53. The highest BCUT2D eigenvalue weighted by atomic mass is 16.5. The first-order valence-corrected chi connectivity index (χ1v) is 10.2. The molecule has 0 radical (unpaired) electrons. The maximum Gasteiger partial charge on any atom is 0.257 e. The van der Waals surface area contributed by atoms with Crippen molar-refractivity contribution in [2.75, 3.05) is 47.1 Å². The van der Waals surface area contributed by atoms with E-state index in [1.165, 1.54) is 0 Å². The minimum absolute atomic E-state index is 0.0391. The Bertz CT molecular complexity index is 1060. The molecule has 0 spiro atoms. The molecule has 0 aliphatic carbocycles. The monoisotopic (exact) mass is 425 g/mol. The van der Waals surface area contributed by atoms with E-state index in [1.807, 2.05) is 25.1 Å². The predicted molar refractivity (Wildman–Crippen MR) is 115 cm³/mol. The number of carbonyl (C=O) groups excluding carboxylic acids is 1. The quantitative estimate of drug-likeness (QED) is 0.618. The number of carbonyl (C=O) groups is 1. The number of hydrogen-bond acceptors (Lipinski definition) is 7. The first-order chi connectivity index (χ1) is 15.1. The Morgan fingerprint density at radius 3 is 2.74 bits per heavy atom. The molecule has 1 atom stereocenters. The molecule has 0 saturated carbocycles. The predicted octanol–water partition coefficient (Wildman–Crippen LogP) is 1.86. The minimum atomic E-state index is -0.190. The molecule has 9 heteroatoms. The van der Waals surface area contributed by atoms with Crippen LogP contribution < -0.4 is 14.8 Å². The molecule has 1 fully saturated rings. The van der Waals surface area contributed by atoms with Crippen molar-refractivity contribution in [3.05, 3.63) is 53.5 Å². The molecule has 31 heavy (non-hydrogen) atoms. The smallest absolute Gasteiger partial charge is 0.257 e. The number of amides is 1. The number of morpholine rings is 1. The molecule has 1 aliphatic rings. The number of ether oxygens (including phenoxy) is 3. The van der Waals surface area contributed by atoms with Gasteiger partial charge in [-0.2, -0.15) is 5.10 Å². The molecule has 164 valence electrons. The zero-order valence-corrected chi connectivity index (χ0v) is 18.0. The van der Waals surface area contributed by atoms with Gasteiger partial charge < -0.3 is 19.5 Å².